The second-order valence-electron chi connectivity index (χ2n) is 5.43. The topological polar surface area (TPSA) is 47.0 Å². The van der Waals surface area contributed by atoms with Gasteiger partial charge in [-0.1, -0.05) is 12.1 Å². The van der Waals surface area contributed by atoms with Crippen molar-refractivity contribution in [2.24, 2.45) is 0 Å². The van der Waals surface area contributed by atoms with Gasteiger partial charge >= 0.3 is 0 Å². The fourth-order valence-corrected chi connectivity index (χ4v) is 3.33. The molecule has 1 aromatic heterocycles. The van der Waals surface area contributed by atoms with Crippen LogP contribution in [0.4, 0.5) is 0 Å². The van der Waals surface area contributed by atoms with Gasteiger partial charge in [0.1, 0.15) is 5.75 Å². The van der Waals surface area contributed by atoms with Crippen LogP contribution in [0.25, 0.3) is 0 Å². The van der Waals surface area contributed by atoms with E-state index in [4.69, 9.17) is 4.74 Å². The summed E-state index contributed by atoms with van der Waals surface area (Å²) in [4.78, 5) is 10.3. The van der Waals surface area contributed by atoms with Crippen LogP contribution in [0.3, 0.4) is 0 Å². The van der Waals surface area contributed by atoms with Crippen molar-refractivity contribution in [3.05, 3.63) is 48.0 Å². The highest BCUT2D eigenvalue weighted by Crippen LogP contribution is 2.39. The van der Waals surface area contributed by atoms with E-state index in [0.717, 1.165) is 29.6 Å². The van der Waals surface area contributed by atoms with Crippen molar-refractivity contribution in [2.75, 3.05) is 5.75 Å². The highest BCUT2D eigenvalue weighted by Gasteiger charge is 2.24. The number of hydrogen-bond acceptors (Lipinski definition) is 5. The molecule has 1 unspecified atom stereocenters. The first-order valence-corrected chi connectivity index (χ1v) is 8.31. The van der Waals surface area contributed by atoms with Crippen LogP contribution in [0, 0.1) is 0 Å². The van der Waals surface area contributed by atoms with Crippen LogP contribution in [-0.2, 0) is 6.54 Å². The number of rotatable bonds is 4. The SMILES string of the molecule is c1ccc2c(c1)OC(c1nccc(CNC3CC3)n1)CS2. The molecule has 1 saturated carbocycles. The van der Waals surface area contributed by atoms with Gasteiger partial charge < -0.3 is 10.1 Å². The lowest BCUT2D eigenvalue weighted by molar-refractivity contribution is 0.210. The van der Waals surface area contributed by atoms with Crippen molar-refractivity contribution in [1.29, 1.82) is 0 Å². The van der Waals surface area contributed by atoms with E-state index in [9.17, 15) is 0 Å². The first-order valence-electron chi connectivity index (χ1n) is 7.32. The van der Waals surface area contributed by atoms with Crippen LogP contribution in [0.2, 0.25) is 0 Å². The van der Waals surface area contributed by atoms with E-state index in [1.807, 2.05) is 30.5 Å². The number of fused-ring (bicyclic) bond motifs is 1. The van der Waals surface area contributed by atoms with E-state index >= 15 is 0 Å². The van der Waals surface area contributed by atoms with Gasteiger partial charge in [0.15, 0.2) is 11.9 Å². The van der Waals surface area contributed by atoms with E-state index in [1.165, 1.54) is 17.7 Å². The van der Waals surface area contributed by atoms with Gasteiger partial charge in [-0.15, -0.1) is 11.8 Å². The van der Waals surface area contributed by atoms with Crippen LogP contribution in [0.5, 0.6) is 5.75 Å². The number of nitrogens with one attached hydrogen (secondary N) is 1. The first-order chi connectivity index (χ1) is 10.4. The van der Waals surface area contributed by atoms with Gasteiger partial charge in [0, 0.05) is 29.4 Å². The zero-order valence-corrected chi connectivity index (χ0v) is 12.5. The third kappa shape index (κ3) is 3.04. The lowest BCUT2D eigenvalue weighted by Gasteiger charge is -2.24. The molecule has 21 heavy (non-hydrogen) atoms. The largest absolute Gasteiger partial charge is 0.480 e. The molecule has 2 aromatic rings. The number of para-hydroxylation sites is 1. The van der Waals surface area contributed by atoms with Crippen molar-refractivity contribution >= 4 is 11.8 Å². The summed E-state index contributed by atoms with van der Waals surface area (Å²) in [5.74, 6) is 2.58. The molecule has 1 N–H and O–H groups in total. The van der Waals surface area contributed by atoms with Gasteiger partial charge in [-0.2, -0.15) is 0 Å². The van der Waals surface area contributed by atoms with E-state index in [0.29, 0.717) is 6.04 Å². The Balaban J connectivity index is 1.49. The van der Waals surface area contributed by atoms with Crippen LogP contribution < -0.4 is 10.1 Å². The van der Waals surface area contributed by atoms with Crippen LogP contribution in [0.1, 0.15) is 30.5 Å². The number of ether oxygens (including phenoxy) is 1. The van der Waals surface area contributed by atoms with Crippen molar-refractivity contribution in [3.8, 4) is 5.75 Å². The number of aromatic nitrogens is 2. The second-order valence-corrected chi connectivity index (χ2v) is 6.49. The Kier molecular flexibility index (Phi) is 3.53. The molecule has 108 valence electrons. The van der Waals surface area contributed by atoms with Gasteiger partial charge in [-0.3, -0.25) is 0 Å². The minimum absolute atomic E-state index is 0.0641. The van der Waals surface area contributed by atoms with E-state index in [-0.39, 0.29) is 6.10 Å². The third-order valence-electron chi connectivity index (χ3n) is 3.68. The van der Waals surface area contributed by atoms with E-state index in [1.54, 1.807) is 11.8 Å². The van der Waals surface area contributed by atoms with Gasteiger partial charge in [0.2, 0.25) is 0 Å². The maximum atomic E-state index is 6.04. The van der Waals surface area contributed by atoms with Crippen molar-refractivity contribution in [1.82, 2.24) is 15.3 Å². The molecule has 2 aliphatic rings. The Morgan fingerprint density at radius 1 is 1.24 bits per heavy atom. The van der Waals surface area contributed by atoms with Gasteiger partial charge in [-0.05, 0) is 31.0 Å². The second kappa shape index (κ2) is 5.66. The summed E-state index contributed by atoms with van der Waals surface area (Å²) in [6.45, 7) is 0.816. The average molecular weight is 299 g/mol. The lowest BCUT2D eigenvalue weighted by Crippen LogP contribution is -2.20. The van der Waals surface area contributed by atoms with Crippen molar-refractivity contribution in [2.45, 2.75) is 36.4 Å². The molecule has 1 aliphatic carbocycles. The first kappa shape index (κ1) is 13.1. The Morgan fingerprint density at radius 3 is 3.05 bits per heavy atom. The molecule has 5 heteroatoms. The Hall–Kier alpha value is -1.59. The van der Waals surface area contributed by atoms with Crippen molar-refractivity contribution < 1.29 is 4.74 Å². The Bertz CT molecular complexity index is 645. The normalized spacial score (nSPS) is 20.7. The predicted molar refractivity (Wildman–Crippen MR) is 82.4 cm³/mol. The molecule has 4 nitrogen and oxygen atoms in total. The molecule has 1 aliphatic heterocycles. The Labute approximate surface area is 128 Å². The molecule has 0 spiro atoms. The molecule has 1 aromatic carbocycles. The summed E-state index contributed by atoms with van der Waals surface area (Å²) in [5, 5.41) is 3.48. The van der Waals surface area contributed by atoms with Gasteiger partial charge in [0.25, 0.3) is 0 Å². The number of nitrogens with zero attached hydrogens (tertiary/aromatic N) is 2. The molecule has 1 atom stereocenters. The highest BCUT2D eigenvalue weighted by molar-refractivity contribution is 7.99. The van der Waals surface area contributed by atoms with Crippen molar-refractivity contribution in [3.63, 3.8) is 0 Å². The van der Waals surface area contributed by atoms with Crippen LogP contribution >= 0.6 is 11.8 Å². The summed E-state index contributed by atoms with van der Waals surface area (Å²) >= 11 is 1.81. The number of hydrogen-bond donors (Lipinski definition) is 1. The maximum absolute atomic E-state index is 6.04. The van der Waals surface area contributed by atoms with Crippen LogP contribution in [-0.4, -0.2) is 21.8 Å². The van der Waals surface area contributed by atoms with E-state index < -0.39 is 0 Å². The fraction of sp³-hybridized carbons (Fsp3) is 0.375. The number of benzene rings is 1. The fourth-order valence-electron chi connectivity index (χ4n) is 2.35. The molecule has 4 rings (SSSR count). The zero-order valence-electron chi connectivity index (χ0n) is 11.7. The molecule has 1 fully saturated rings. The average Bonchev–Trinajstić information content (AvgIpc) is 3.37. The minimum Gasteiger partial charge on any atom is -0.480 e. The molecule has 2 heterocycles. The molecule has 0 saturated heterocycles. The molecule has 0 radical (unpaired) electrons. The predicted octanol–water partition coefficient (Wildman–Crippen LogP) is 2.95. The molecular formula is C16H17N3OS. The van der Waals surface area contributed by atoms with Gasteiger partial charge in [-0.25, -0.2) is 9.97 Å². The van der Waals surface area contributed by atoms with Gasteiger partial charge in [0.05, 0.1) is 5.69 Å². The summed E-state index contributed by atoms with van der Waals surface area (Å²) in [5.41, 5.74) is 1.04. The smallest absolute Gasteiger partial charge is 0.170 e. The molecule has 0 amide bonds. The van der Waals surface area contributed by atoms with E-state index in [2.05, 4.69) is 21.4 Å². The third-order valence-corrected chi connectivity index (χ3v) is 4.80. The molecular weight excluding hydrogens is 282 g/mol. The summed E-state index contributed by atoms with van der Waals surface area (Å²) < 4.78 is 6.04. The summed E-state index contributed by atoms with van der Waals surface area (Å²) in [7, 11) is 0. The quantitative estimate of drug-likeness (QED) is 0.940. The minimum atomic E-state index is -0.0641. The monoisotopic (exact) mass is 299 g/mol. The summed E-state index contributed by atoms with van der Waals surface area (Å²) in [6.07, 6.45) is 4.35. The lowest BCUT2D eigenvalue weighted by atomic mass is 10.3. The standard InChI is InChI=1S/C16H17N3OS/c1-2-4-15-13(3-1)20-14(10-21-15)16-17-8-7-12(19-16)9-18-11-5-6-11/h1-4,7-8,11,14,18H,5-6,9-10H2. The van der Waals surface area contributed by atoms with Crippen LogP contribution in [0.15, 0.2) is 41.4 Å². The highest BCUT2D eigenvalue weighted by atomic mass is 32.2. The number of thioether (sulfide) groups is 1. The zero-order chi connectivity index (χ0) is 14.1. The molecule has 0 bridgehead atoms. The maximum Gasteiger partial charge on any atom is 0.170 e. The summed E-state index contributed by atoms with van der Waals surface area (Å²) in [6, 6.07) is 10.8. The Morgan fingerprint density at radius 2 is 2.14 bits per heavy atom.